The zero-order valence-electron chi connectivity index (χ0n) is 28.1. The number of anilines is 4. The molecule has 2 aromatic heterocycles. The van der Waals surface area contributed by atoms with Gasteiger partial charge in [-0.05, 0) is 88.1 Å². The summed E-state index contributed by atoms with van der Waals surface area (Å²) in [5.41, 5.74) is 1.69. The Labute approximate surface area is 278 Å². The lowest BCUT2D eigenvalue weighted by Gasteiger charge is -2.62. The number of hydrogen-bond donors (Lipinski definition) is 1. The van der Waals surface area contributed by atoms with E-state index in [0.717, 1.165) is 67.2 Å². The minimum Gasteiger partial charge on any atom is -0.381 e. The molecule has 6 rings (SSSR count). The monoisotopic (exact) mass is 661 g/mol. The van der Waals surface area contributed by atoms with Crippen molar-refractivity contribution in [2.45, 2.75) is 76.6 Å². The normalized spacial score (nSPS) is 23.4. The maximum Gasteiger partial charge on any atom is 0.246 e. The predicted octanol–water partition coefficient (Wildman–Crippen LogP) is 5.27. The molecule has 47 heavy (non-hydrogen) atoms. The number of sulfone groups is 1. The molecule has 3 aliphatic rings. The first-order valence-corrected chi connectivity index (χ1v) is 18.7. The van der Waals surface area contributed by atoms with Crippen LogP contribution in [-0.2, 0) is 19.4 Å². The molecule has 3 aliphatic heterocycles. The fraction of sp³-hybridized carbons (Fsp3) is 0.543. The highest BCUT2D eigenvalue weighted by Crippen LogP contribution is 2.49. The average molecular weight is 662 g/mol. The van der Waals surface area contributed by atoms with Crippen molar-refractivity contribution in [2.75, 3.05) is 53.9 Å². The highest BCUT2D eigenvalue weighted by atomic mass is 32.2. The first-order valence-electron chi connectivity index (χ1n) is 16.6. The number of ether oxygens (including phenoxy) is 1. The molecule has 5 heterocycles. The third-order valence-corrected chi connectivity index (χ3v) is 11.4. The molecule has 3 fully saturated rings. The molecule has 12 heteroatoms. The number of likely N-dealkylation sites (tertiary alicyclic amines) is 1. The Balaban J connectivity index is 1.38. The highest BCUT2D eigenvalue weighted by Gasteiger charge is 2.53. The van der Waals surface area contributed by atoms with Gasteiger partial charge in [0, 0.05) is 74.0 Å². The lowest BCUT2D eigenvalue weighted by atomic mass is 9.71. The molecule has 0 radical (unpaired) electrons. The molecule has 3 aromatic rings. The first kappa shape index (κ1) is 33.1. The van der Waals surface area contributed by atoms with Crippen LogP contribution in [-0.4, -0.2) is 90.6 Å². The van der Waals surface area contributed by atoms with Gasteiger partial charge < -0.3 is 24.8 Å². The summed E-state index contributed by atoms with van der Waals surface area (Å²) in [6.07, 6.45) is 11.3. The number of pyridine rings is 1. The standard InChI is InChI=1S/C35H47N7O4S/c1-7-33(43)41-17-9-8-10-29(41)25-11-12-30(42-23(2)28(35(42,3)4)22-47(6,44)45)27-21-37-32(20-26(25)27)38-31-13-16-36-34(39-31)40-18-14-24(46-5)15-19-40/h7,11-13,16,20-21,23-24,28-29H,1,8-10,14-15,17-19,22H2,2-6H3,(H,36,37,38,39)/t23-,28-,29+/m1/s1. The average Bonchev–Trinajstić information content (AvgIpc) is 3.06. The van der Waals surface area contributed by atoms with Gasteiger partial charge in [0.15, 0.2) is 0 Å². The molecule has 1 amide bonds. The quantitative estimate of drug-likeness (QED) is 0.304. The van der Waals surface area contributed by atoms with Crippen molar-refractivity contribution in [3.63, 3.8) is 0 Å². The van der Waals surface area contributed by atoms with Gasteiger partial charge in [0.05, 0.1) is 17.9 Å². The fourth-order valence-corrected chi connectivity index (χ4v) is 9.37. The molecule has 3 saturated heterocycles. The van der Waals surface area contributed by atoms with Crippen LogP contribution in [0.1, 0.15) is 64.5 Å². The summed E-state index contributed by atoms with van der Waals surface area (Å²) >= 11 is 0. The van der Waals surface area contributed by atoms with E-state index < -0.39 is 9.84 Å². The van der Waals surface area contributed by atoms with Crippen molar-refractivity contribution in [3.05, 3.63) is 54.9 Å². The number of aromatic nitrogens is 3. The second-order valence-electron chi connectivity index (χ2n) is 13.8. The van der Waals surface area contributed by atoms with Crippen molar-refractivity contribution >= 4 is 49.8 Å². The highest BCUT2D eigenvalue weighted by molar-refractivity contribution is 7.90. The molecule has 0 bridgehead atoms. The Bertz CT molecular complexity index is 1760. The number of carbonyl (C=O) groups excluding carboxylic acids is 1. The number of piperidine rings is 2. The Kier molecular flexibility index (Phi) is 9.19. The van der Waals surface area contributed by atoms with Crippen LogP contribution in [0.3, 0.4) is 0 Å². The van der Waals surface area contributed by atoms with Gasteiger partial charge in [-0.25, -0.2) is 18.4 Å². The van der Waals surface area contributed by atoms with Crippen LogP contribution < -0.4 is 15.1 Å². The SMILES string of the molecule is C=CC(=O)N1CCCC[C@H]1c1ccc(N2[C@H](C)[C@@H](CS(C)(=O)=O)C2(C)C)c2cnc(Nc3ccnc(N4CCC(OC)CC4)n3)cc12. The van der Waals surface area contributed by atoms with Gasteiger partial charge in [0.1, 0.15) is 21.5 Å². The zero-order valence-corrected chi connectivity index (χ0v) is 29.0. The zero-order chi connectivity index (χ0) is 33.5. The number of fused-ring (bicyclic) bond motifs is 1. The molecule has 0 spiro atoms. The first-order chi connectivity index (χ1) is 22.4. The number of methoxy groups -OCH3 is 1. The van der Waals surface area contributed by atoms with Gasteiger partial charge in [-0.2, -0.15) is 4.98 Å². The minimum atomic E-state index is -3.14. The summed E-state index contributed by atoms with van der Waals surface area (Å²) in [6.45, 7) is 12.4. The van der Waals surface area contributed by atoms with E-state index >= 15 is 0 Å². The van der Waals surface area contributed by atoms with Crippen LogP contribution in [0.15, 0.2) is 49.3 Å². The van der Waals surface area contributed by atoms with E-state index in [2.05, 4.69) is 65.6 Å². The van der Waals surface area contributed by atoms with Gasteiger partial charge in [0.25, 0.3) is 0 Å². The van der Waals surface area contributed by atoms with Crippen molar-refractivity contribution in [1.29, 1.82) is 0 Å². The van der Waals surface area contributed by atoms with Crippen LogP contribution in [0.2, 0.25) is 0 Å². The van der Waals surface area contributed by atoms with Crippen LogP contribution in [0.4, 0.5) is 23.3 Å². The van der Waals surface area contributed by atoms with E-state index in [9.17, 15) is 13.2 Å². The molecule has 11 nitrogen and oxygen atoms in total. The number of nitrogens with one attached hydrogen (secondary N) is 1. The molecule has 0 unspecified atom stereocenters. The summed E-state index contributed by atoms with van der Waals surface area (Å²) in [5.74, 6) is 2.03. The summed E-state index contributed by atoms with van der Waals surface area (Å²) in [7, 11) is -1.38. The predicted molar refractivity (Wildman–Crippen MR) is 187 cm³/mol. The van der Waals surface area contributed by atoms with Gasteiger partial charge in [-0.15, -0.1) is 0 Å². The molecule has 252 valence electrons. The van der Waals surface area contributed by atoms with E-state index in [1.807, 2.05) is 17.2 Å². The molecule has 3 atom stereocenters. The smallest absolute Gasteiger partial charge is 0.246 e. The van der Waals surface area contributed by atoms with Crippen LogP contribution >= 0.6 is 0 Å². The third kappa shape index (κ3) is 6.54. The van der Waals surface area contributed by atoms with E-state index in [0.29, 0.717) is 24.1 Å². The van der Waals surface area contributed by atoms with E-state index in [1.54, 1.807) is 13.3 Å². The molecule has 1 N–H and O–H groups in total. The third-order valence-electron chi connectivity index (χ3n) is 10.4. The number of carbonyl (C=O) groups is 1. The van der Waals surface area contributed by atoms with Gasteiger partial charge >= 0.3 is 0 Å². The largest absolute Gasteiger partial charge is 0.381 e. The summed E-state index contributed by atoms with van der Waals surface area (Å²) < 4.78 is 30.1. The van der Waals surface area contributed by atoms with Crippen molar-refractivity contribution in [2.24, 2.45) is 5.92 Å². The minimum absolute atomic E-state index is 0.00702. The van der Waals surface area contributed by atoms with Crippen molar-refractivity contribution in [3.8, 4) is 0 Å². The Morgan fingerprint density at radius 2 is 1.85 bits per heavy atom. The number of benzene rings is 1. The van der Waals surface area contributed by atoms with E-state index in [1.165, 1.54) is 12.3 Å². The molecule has 0 saturated carbocycles. The Hall–Kier alpha value is -3.77. The summed E-state index contributed by atoms with van der Waals surface area (Å²) in [4.78, 5) is 33.6. The fourth-order valence-electron chi connectivity index (χ4n) is 8.04. The van der Waals surface area contributed by atoms with Gasteiger partial charge in [-0.1, -0.05) is 12.6 Å². The molecule has 0 aliphatic carbocycles. The van der Waals surface area contributed by atoms with Crippen LogP contribution in [0, 0.1) is 5.92 Å². The number of amides is 1. The lowest BCUT2D eigenvalue weighted by Crippen LogP contribution is -2.71. The van der Waals surface area contributed by atoms with Crippen molar-refractivity contribution in [1.82, 2.24) is 19.9 Å². The second kappa shape index (κ2) is 13.0. The summed E-state index contributed by atoms with van der Waals surface area (Å²) in [5, 5.41) is 5.38. The molecule has 1 aromatic carbocycles. The maximum atomic E-state index is 13.0. The number of hydrogen-bond acceptors (Lipinski definition) is 10. The number of rotatable bonds is 9. The second-order valence-corrected chi connectivity index (χ2v) is 16.0. The topological polar surface area (TPSA) is 121 Å². The Morgan fingerprint density at radius 3 is 2.53 bits per heavy atom. The molecular weight excluding hydrogens is 614 g/mol. The van der Waals surface area contributed by atoms with E-state index in [-0.39, 0.29) is 41.3 Å². The molecular formula is C35H47N7O4S. The lowest BCUT2D eigenvalue weighted by molar-refractivity contribution is -0.129. The van der Waals surface area contributed by atoms with Gasteiger partial charge in [0.2, 0.25) is 11.9 Å². The number of nitrogens with zero attached hydrogens (tertiary/aromatic N) is 6. The van der Waals surface area contributed by atoms with Crippen LogP contribution in [0.5, 0.6) is 0 Å². The maximum absolute atomic E-state index is 13.0. The van der Waals surface area contributed by atoms with E-state index in [4.69, 9.17) is 14.7 Å². The Morgan fingerprint density at radius 1 is 1.09 bits per heavy atom. The van der Waals surface area contributed by atoms with Crippen molar-refractivity contribution < 1.29 is 17.9 Å². The van der Waals surface area contributed by atoms with Crippen LogP contribution in [0.25, 0.3) is 10.8 Å². The van der Waals surface area contributed by atoms with Gasteiger partial charge in [-0.3, -0.25) is 4.79 Å². The summed E-state index contributed by atoms with van der Waals surface area (Å²) in [6, 6.07) is 8.08.